The minimum atomic E-state index is -2.49. The fourth-order valence-corrected chi connectivity index (χ4v) is 1.17. The fraction of sp³-hybridized carbons (Fsp3) is 0.333. The van der Waals surface area contributed by atoms with E-state index in [1.807, 2.05) is 6.92 Å². The molecular formula is C12H13F2NO. The molecule has 0 spiro atoms. The molecule has 1 aromatic rings. The average molecular weight is 225 g/mol. The number of halogens is 2. The third-order valence-corrected chi connectivity index (χ3v) is 1.83. The van der Waals surface area contributed by atoms with Crippen molar-refractivity contribution < 1.29 is 13.5 Å². The largest absolute Gasteiger partial charge is 0.486 e. The van der Waals surface area contributed by atoms with Crippen molar-refractivity contribution >= 4 is 0 Å². The quantitative estimate of drug-likeness (QED) is 0.798. The minimum absolute atomic E-state index is 0.224. The molecule has 0 aliphatic carbocycles. The van der Waals surface area contributed by atoms with E-state index in [2.05, 4.69) is 11.8 Å². The van der Waals surface area contributed by atoms with E-state index in [1.165, 1.54) is 0 Å². The highest BCUT2D eigenvalue weighted by Crippen LogP contribution is 2.19. The van der Waals surface area contributed by atoms with Gasteiger partial charge in [0.1, 0.15) is 12.4 Å². The predicted molar refractivity (Wildman–Crippen MR) is 58.6 cm³/mol. The normalized spacial score (nSPS) is 9.81. The van der Waals surface area contributed by atoms with Crippen molar-refractivity contribution in [1.82, 2.24) is 0 Å². The average Bonchev–Trinajstić information content (AvgIpc) is 2.24. The van der Waals surface area contributed by atoms with Gasteiger partial charge in [-0.25, -0.2) is 8.78 Å². The molecule has 0 aliphatic heterocycles. The molecule has 2 N–H and O–H groups in total. The van der Waals surface area contributed by atoms with Crippen molar-refractivity contribution in [2.75, 3.05) is 13.2 Å². The molecule has 0 saturated carbocycles. The lowest BCUT2D eigenvalue weighted by atomic mass is 10.1. The molecule has 2 nitrogen and oxygen atoms in total. The second-order valence-electron chi connectivity index (χ2n) is 3.21. The SMILES string of the molecule is Cc1ccc(OCC(F)F)c(C#CCN)c1. The van der Waals surface area contributed by atoms with Gasteiger partial charge in [-0.2, -0.15) is 0 Å². The maximum absolute atomic E-state index is 12.0. The van der Waals surface area contributed by atoms with Crippen LogP contribution in [0.4, 0.5) is 8.78 Å². The third kappa shape index (κ3) is 3.87. The first-order valence-corrected chi connectivity index (χ1v) is 4.84. The van der Waals surface area contributed by atoms with Crippen LogP contribution in [0.3, 0.4) is 0 Å². The van der Waals surface area contributed by atoms with Crippen molar-refractivity contribution in [3.63, 3.8) is 0 Å². The van der Waals surface area contributed by atoms with E-state index in [4.69, 9.17) is 10.5 Å². The molecule has 86 valence electrons. The highest BCUT2D eigenvalue weighted by molar-refractivity contribution is 5.48. The Bertz CT molecular complexity index is 407. The zero-order valence-corrected chi connectivity index (χ0v) is 8.97. The molecule has 1 aromatic carbocycles. The molecule has 16 heavy (non-hydrogen) atoms. The molecule has 0 heterocycles. The summed E-state index contributed by atoms with van der Waals surface area (Å²) < 4.78 is 29.0. The van der Waals surface area contributed by atoms with Gasteiger partial charge in [-0.05, 0) is 24.6 Å². The summed E-state index contributed by atoms with van der Waals surface area (Å²) in [5.74, 6) is 5.83. The van der Waals surface area contributed by atoms with Gasteiger partial charge >= 0.3 is 0 Å². The maximum atomic E-state index is 12.0. The van der Waals surface area contributed by atoms with Crippen LogP contribution >= 0.6 is 0 Å². The Morgan fingerprint density at radius 1 is 1.44 bits per heavy atom. The van der Waals surface area contributed by atoms with Crippen molar-refractivity contribution in [2.24, 2.45) is 5.73 Å². The van der Waals surface area contributed by atoms with Crippen molar-refractivity contribution in [2.45, 2.75) is 13.3 Å². The maximum Gasteiger partial charge on any atom is 0.272 e. The van der Waals surface area contributed by atoms with E-state index in [-0.39, 0.29) is 6.54 Å². The lowest BCUT2D eigenvalue weighted by Gasteiger charge is -2.08. The van der Waals surface area contributed by atoms with Crippen LogP contribution in [-0.4, -0.2) is 19.6 Å². The molecule has 0 unspecified atom stereocenters. The monoisotopic (exact) mass is 225 g/mol. The van der Waals surface area contributed by atoms with Crippen molar-refractivity contribution in [1.29, 1.82) is 0 Å². The Kier molecular flexibility index (Phi) is 4.74. The summed E-state index contributed by atoms with van der Waals surface area (Å²) >= 11 is 0. The van der Waals surface area contributed by atoms with Gasteiger partial charge in [0.05, 0.1) is 12.1 Å². The van der Waals surface area contributed by atoms with E-state index in [0.29, 0.717) is 11.3 Å². The van der Waals surface area contributed by atoms with Crippen LogP contribution in [-0.2, 0) is 0 Å². The smallest absolute Gasteiger partial charge is 0.272 e. The summed E-state index contributed by atoms with van der Waals surface area (Å²) in [5.41, 5.74) is 6.83. The van der Waals surface area contributed by atoms with Gasteiger partial charge in [0, 0.05) is 0 Å². The van der Waals surface area contributed by atoms with Crippen LogP contribution in [0.2, 0.25) is 0 Å². The highest BCUT2D eigenvalue weighted by Gasteiger charge is 2.06. The minimum Gasteiger partial charge on any atom is -0.486 e. The number of hydrogen-bond donors (Lipinski definition) is 1. The number of aryl methyl sites for hydroxylation is 1. The first kappa shape index (κ1) is 12.5. The molecule has 0 aromatic heterocycles. The van der Waals surface area contributed by atoms with Gasteiger partial charge in [0.25, 0.3) is 6.43 Å². The highest BCUT2D eigenvalue weighted by atomic mass is 19.3. The summed E-state index contributed by atoms with van der Waals surface area (Å²) in [7, 11) is 0. The van der Waals surface area contributed by atoms with E-state index in [0.717, 1.165) is 5.56 Å². The zero-order chi connectivity index (χ0) is 12.0. The molecule has 0 saturated heterocycles. The zero-order valence-electron chi connectivity index (χ0n) is 8.97. The molecule has 0 amide bonds. The lowest BCUT2D eigenvalue weighted by molar-refractivity contribution is 0.0818. The summed E-state index contributed by atoms with van der Waals surface area (Å²) in [6, 6.07) is 5.20. The first-order valence-electron chi connectivity index (χ1n) is 4.84. The van der Waals surface area contributed by atoms with Gasteiger partial charge in [-0.3, -0.25) is 0 Å². The summed E-state index contributed by atoms with van der Waals surface area (Å²) in [6.07, 6.45) is -2.49. The van der Waals surface area contributed by atoms with E-state index in [1.54, 1.807) is 18.2 Å². The van der Waals surface area contributed by atoms with Gasteiger partial charge in [-0.15, -0.1) is 0 Å². The van der Waals surface area contributed by atoms with Crippen molar-refractivity contribution in [3.05, 3.63) is 29.3 Å². The van der Waals surface area contributed by atoms with Crippen LogP contribution in [0.15, 0.2) is 18.2 Å². The van der Waals surface area contributed by atoms with E-state index in [9.17, 15) is 8.78 Å². The number of benzene rings is 1. The summed E-state index contributed by atoms with van der Waals surface area (Å²) in [5, 5.41) is 0. The fourth-order valence-electron chi connectivity index (χ4n) is 1.17. The van der Waals surface area contributed by atoms with Crippen LogP contribution in [0, 0.1) is 18.8 Å². The number of ether oxygens (including phenoxy) is 1. The van der Waals surface area contributed by atoms with Crippen LogP contribution in [0.1, 0.15) is 11.1 Å². The molecule has 0 atom stereocenters. The number of hydrogen-bond acceptors (Lipinski definition) is 2. The molecule has 1 rings (SSSR count). The van der Waals surface area contributed by atoms with Crippen LogP contribution in [0.25, 0.3) is 0 Å². The van der Waals surface area contributed by atoms with E-state index < -0.39 is 13.0 Å². The van der Waals surface area contributed by atoms with Gasteiger partial charge in [0.2, 0.25) is 0 Å². The molecule has 4 heteroatoms. The summed E-state index contributed by atoms with van der Waals surface area (Å²) in [4.78, 5) is 0. The Labute approximate surface area is 93.4 Å². The first-order chi connectivity index (χ1) is 7.63. The number of rotatable bonds is 3. The Balaban J connectivity index is 2.89. The third-order valence-electron chi connectivity index (χ3n) is 1.83. The van der Waals surface area contributed by atoms with Crippen LogP contribution < -0.4 is 10.5 Å². The van der Waals surface area contributed by atoms with Gasteiger partial charge < -0.3 is 10.5 Å². The molecule has 0 radical (unpaired) electrons. The molecule has 0 bridgehead atoms. The number of nitrogens with two attached hydrogens (primary N) is 1. The molecular weight excluding hydrogens is 212 g/mol. The Hall–Kier alpha value is -1.60. The van der Waals surface area contributed by atoms with Gasteiger partial charge in [0.15, 0.2) is 0 Å². The second-order valence-corrected chi connectivity index (χ2v) is 3.21. The second kappa shape index (κ2) is 6.09. The Morgan fingerprint density at radius 3 is 2.81 bits per heavy atom. The Morgan fingerprint density at radius 2 is 2.19 bits per heavy atom. The van der Waals surface area contributed by atoms with Crippen molar-refractivity contribution in [3.8, 4) is 17.6 Å². The summed E-state index contributed by atoms with van der Waals surface area (Å²) in [6.45, 7) is 1.49. The predicted octanol–water partition coefficient (Wildman–Crippen LogP) is 1.95. The topological polar surface area (TPSA) is 35.2 Å². The lowest BCUT2D eigenvalue weighted by Crippen LogP contribution is -2.08. The van der Waals surface area contributed by atoms with Gasteiger partial charge in [-0.1, -0.05) is 17.9 Å². The molecule has 0 aliphatic rings. The molecule has 0 fully saturated rings. The van der Waals surface area contributed by atoms with Crippen LogP contribution in [0.5, 0.6) is 5.75 Å². The van der Waals surface area contributed by atoms with E-state index >= 15 is 0 Å². The standard InChI is InChI=1S/C12H13F2NO/c1-9-4-5-11(16-8-12(13)14)10(7-9)3-2-6-15/h4-5,7,12H,6,8,15H2,1H3. The number of alkyl halides is 2.